The summed E-state index contributed by atoms with van der Waals surface area (Å²) in [5, 5.41) is 6.28. The lowest BCUT2D eigenvalue weighted by atomic mass is 10.1. The summed E-state index contributed by atoms with van der Waals surface area (Å²) in [6.07, 6.45) is 5.03. The fourth-order valence-electron chi connectivity index (χ4n) is 5.13. The number of pyridine rings is 2. The van der Waals surface area contributed by atoms with Crippen molar-refractivity contribution in [1.82, 2.24) is 19.9 Å². The summed E-state index contributed by atoms with van der Waals surface area (Å²) in [6.45, 7) is 1.71. The van der Waals surface area contributed by atoms with Gasteiger partial charge in [0.2, 0.25) is 0 Å². The topological polar surface area (TPSA) is 101 Å². The van der Waals surface area contributed by atoms with Gasteiger partial charge in [-0.2, -0.15) is 0 Å². The third kappa shape index (κ3) is 5.57. The van der Waals surface area contributed by atoms with Crippen molar-refractivity contribution in [2.75, 3.05) is 17.3 Å². The normalized spacial score (nSPS) is 12.1. The Labute approximate surface area is 243 Å². The van der Waals surface area contributed by atoms with E-state index >= 15 is 0 Å². The van der Waals surface area contributed by atoms with Crippen LogP contribution in [0.15, 0.2) is 104 Å². The summed E-state index contributed by atoms with van der Waals surface area (Å²) < 4.78 is 7.40. The van der Waals surface area contributed by atoms with Crippen LogP contribution in [-0.4, -0.2) is 33.5 Å². The van der Waals surface area contributed by atoms with Gasteiger partial charge in [0.15, 0.2) is 0 Å². The number of aromatic nitrogens is 3. The molecule has 4 heterocycles. The van der Waals surface area contributed by atoms with E-state index in [0.717, 1.165) is 33.8 Å². The highest BCUT2D eigenvalue weighted by molar-refractivity contribution is 6.06. The standard InChI is InChI=1S/C33H30N6O3/c1-42-30-11-5-3-8-24(30)19-35-31-15-12-25(20-36-31)33(41)39-22-27-13-14-29(32(40)37-18-23-7-6-16-34-17-23)38(27)21-26-9-2-4-10-28(26)39/h2-17,20H,18-19,21-22H2,1H3,(H,35,36)(H,37,40). The number of methoxy groups -OCH3 is 1. The van der Waals surface area contributed by atoms with Crippen molar-refractivity contribution in [3.8, 4) is 5.75 Å². The van der Waals surface area contributed by atoms with Crippen molar-refractivity contribution in [3.05, 3.63) is 137 Å². The molecule has 1 aliphatic heterocycles. The Morgan fingerprint density at radius 1 is 0.881 bits per heavy atom. The van der Waals surface area contributed by atoms with Crippen LogP contribution in [0.5, 0.6) is 5.75 Å². The van der Waals surface area contributed by atoms with Crippen LogP contribution in [0.2, 0.25) is 0 Å². The van der Waals surface area contributed by atoms with Gasteiger partial charge in [-0.05, 0) is 53.6 Å². The minimum Gasteiger partial charge on any atom is -0.496 e. The summed E-state index contributed by atoms with van der Waals surface area (Å²) in [4.78, 5) is 37.4. The molecule has 0 saturated carbocycles. The number of nitrogens with zero attached hydrogens (tertiary/aromatic N) is 4. The summed E-state index contributed by atoms with van der Waals surface area (Å²) in [5.41, 5.74) is 5.58. The van der Waals surface area contributed by atoms with E-state index in [1.54, 1.807) is 42.7 Å². The molecule has 0 fully saturated rings. The van der Waals surface area contributed by atoms with Crippen molar-refractivity contribution in [2.24, 2.45) is 0 Å². The maximum absolute atomic E-state index is 13.9. The van der Waals surface area contributed by atoms with Gasteiger partial charge >= 0.3 is 0 Å². The van der Waals surface area contributed by atoms with Crippen LogP contribution in [-0.2, 0) is 26.2 Å². The number of fused-ring (bicyclic) bond motifs is 2. The molecule has 2 N–H and O–H groups in total. The predicted octanol–water partition coefficient (Wildman–Crippen LogP) is 5.04. The van der Waals surface area contributed by atoms with Crippen LogP contribution in [0, 0.1) is 0 Å². The molecule has 42 heavy (non-hydrogen) atoms. The second kappa shape index (κ2) is 12.0. The zero-order chi connectivity index (χ0) is 28.9. The van der Waals surface area contributed by atoms with E-state index in [1.807, 2.05) is 77.4 Å². The zero-order valence-electron chi connectivity index (χ0n) is 23.2. The van der Waals surface area contributed by atoms with Gasteiger partial charge in [0, 0.05) is 48.6 Å². The molecule has 2 aromatic carbocycles. The predicted molar refractivity (Wildman–Crippen MR) is 160 cm³/mol. The Morgan fingerprint density at radius 3 is 2.55 bits per heavy atom. The molecule has 3 aromatic heterocycles. The summed E-state index contributed by atoms with van der Waals surface area (Å²) >= 11 is 0. The summed E-state index contributed by atoms with van der Waals surface area (Å²) in [5.74, 6) is 1.12. The quantitative estimate of drug-likeness (QED) is 0.277. The Hall–Kier alpha value is -5.44. The number of carbonyl (C=O) groups excluding carboxylic acids is 2. The van der Waals surface area contributed by atoms with Crippen LogP contribution >= 0.6 is 0 Å². The maximum atomic E-state index is 13.9. The number of hydrogen-bond acceptors (Lipinski definition) is 6. The molecule has 2 amide bonds. The maximum Gasteiger partial charge on any atom is 0.268 e. The van der Waals surface area contributed by atoms with Gasteiger partial charge in [-0.3, -0.25) is 14.6 Å². The number of ether oxygens (including phenoxy) is 1. The van der Waals surface area contributed by atoms with E-state index in [2.05, 4.69) is 20.6 Å². The van der Waals surface area contributed by atoms with E-state index in [9.17, 15) is 9.59 Å². The van der Waals surface area contributed by atoms with Crippen molar-refractivity contribution < 1.29 is 14.3 Å². The van der Waals surface area contributed by atoms with Gasteiger partial charge in [0.25, 0.3) is 11.8 Å². The fourth-order valence-corrected chi connectivity index (χ4v) is 5.13. The van der Waals surface area contributed by atoms with Gasteiger partial charge in [-0.25, -0.2) is 4.98 Å². The van der Waals surface area contributed by atoms with E-state index < -0.39 is 0 Å². The molecular weight excluding hydrogens is 528 g/mol. The number of benzene rings is 2. The highest BCUT2D eigenvalue weighted by Gasteiger charge is 2.27. The molecule has 210 valence electrons. The lowest BCUT2D eigenvalue weighted by molar-refractivity contribution is 0.0941. The SMILES string of the molecule is COc1ccccc1CNc1ccc(C(=O)N2Cc3ccc(C(=O)NCc4cccnc4)n3Cc3ccccc32)cn1. The molecule has 0 atom stereocenters. The molecule has 9 nitrogen and oxygen atoms in total. The molecule has 0 radical (unpaired) electrons. The first-order chi connectivity index (χ1) is 20.6. The Balaban J connectivity index is 1.20. The van der Waals surface area contributed by atoms with E-state index in [4.69, 9.17) is 4.74 Å². The molecule has 0 saturated heterocycles. The minimum atomic E-state index is -0.178. The molecule has 6 rings (SSSR count). The number of carbonyl (C=O) groups is 2. The Morgan fingerprint density at radius 2 is 1.74 bits per heavy atom. The van der Waals surface area contributed by atoms with E-state index in [-0.39, 0.29) is 11.8 Å². The van der Waals surface area contributed by atoms with Crippen molar-refractivity contribution >= 4 is 23.3 Å². The molecule has 5 aromatic rings. The highest BCUT2D eigenvalue weighted by atomic mass is 16.5. The van der Waals surface area contributed by atoms with Crippen LogP contribution in [0.4, 0.5) is 11.5 Å². The lowest BCUT2D eigenvalue weighted by Crippen LogP contribution is -2.31. The molecule has 0 bridgehead atoms. The number of hydrogen-bond donors (Lipinski definition) is 2. The fraction of sp³-hybridized carbons (Fsp3) is 0.152. The van der Waals surface area contributed by atoms with Crippen LogP contribution in [0.1, 0.15) is 43.2 Å². The Kier molecular flexibility index (Phi) is 7.63. The van der Waals surface area contributed by atoms with Gasteiger partial charge < -0.3 is 24.8 Å². The third-order valence-electron chi connectivity index (χ3n) is 7.32. The molecule has 1 aliphatic rings. The van der Waals surface area contributed by atoms with Crippen LogP contribution in [0.25, 0.3) is 0 Å². The minimum absolute atomic E-state index is 0.163. The van der Waals surface area contributed by atoms with Gasteiger partial charge in [0.05, 0.1) is 25.8 Å². The smallest absolute Gasteiger partial charge is 0.268 e. The average Bonchev–Trinajstić information content (AvgIpc) is 3.36. The monoisotopic (exact) mass is 558 g/mol. The number of anilines is 2. The van der Waals surface area contributed by atoms with E-state index in [1.165, 1.54) is 0 Å². The van der Waals surface area contributed by atoms with Gasteiger partial charge in [-0.15, -0.1) is 0 Å². The molecule has 0 aliphatic carbocycles. The highest BCUT2D eigenvalue weighted by Crippen LogP contribution is 2.30. The number of para-hydroxylation sites is 2. The zero-order valence-corrected chi connectivity index (χ0v) is 23.2. The van der Waals surface area contributed by atoms with Crippen molar-refractivity contribution in [1.29, 1.82) is 0 Å². The second-order valence-corrected chi connectivity index (χ2v) is 9.96. The first-order valence-electron chi connectivity index (χ1n) is 13.7. The third-order valence-corrected chi connectivity index (χ3v) is 7.32. The van der Waals surface area contributed by atoms with Crippen molar-refractivity contribution in [3.63, 3.8) is 0 Å². The van der Waals surface area contributed by atoms with Crippen molar-refractivity contribution in [2.45, 2.75) is 26.2 Å². The lowest BCUT2D eigenvalue weighted by Gasteiger charge is -2.22. The molecule has 0 unspecified atom stereocenters. The van der Waals surface area contributed by atoms with E-state index in [0.29, 0.717) is 43.3 Å². The molecule has 0 spiro atoms. The Bertz CT molecular complexity index is 1720. The van der Waals surface area contributed by atoms with Gasteiger partial charge in [-0.1, -0.05) is 42.5 Å². The summed E-state index contributed by atoms with van der Waals surface area (Å²) in [6, 6.07) is 26.7. The van der Waals surface area contributed by atoms with Crippen LogP contribution < -0.4 is 20.3 Å². The molecular formula is C33H30N6O3. The second-order valence-electron chi connectivity index (χ2n) is 9.96. The number of nitrogens with one attached hydrogen (secondary N) is 2. The summed E-state index contributed by atoms with van der Waals surface area (Å²) in [7, 11) is 1.65. The average molecular weight is 559 g/mol. The molecule has 9 heteroatoms. The van der Waals surface area contributed by atoms with Gasteiger partial charge in [0.1, 0.15) is 17.3 Å². The first-order valence-corrected chi connectivity index (χ1v) is 13.7. The van der Waals surface area contributed by atoms with Crippen LogP contribution in [0.3, 0.4) is 0 Å². The first kappa shape index (κ1) is 26.8. The largest absolute Gasteiger partial charge is 0.496 e. The number of amides is 2. The number of rotatable bonds is 8.